The van der Waals surface area contributed by atoms with Gasteiger partial charge >= 0.3 is 5.97 Å². The Labute approximate surface area is 190 Å². The predicted molar refractivity (Wildman–Crippen MR) is 126 cm³/mol. The molecule has 4 rings (SSSR count). The third-order valence-electron chi connectivity index (χ3n) is 5.35. The van der Waals surface area contributed by atoms with E-state index in [2.05, 4.69) is 5.32 Å². The number of ether oxygens (including phenoxy) is 1. The molecule has 3 aromatic rings. The van der Waals surface area contributed by atoms with Gasteiger partial charge in [0.05, 0.1) is 12.8 Å². The number of para-hydroxylation sites is 1. The first-order valence-corrected chi connectivity index (χ1v) is 10.5. The van der Waals surface area contributed by atoms with E-state index < -0.39 is 17.8 Å². The van der Waals surface area contributed by atoms with E-state index in [0.29, 0.717) is 11.3 Å². The molecule has 1 aliphatic heterocycles. The van der Waals surface area contributed by atoms with Crippen molar-refractivity contribution in [3.63, 3.8) is 0 Å². The molecule has 0 spiro atoms. The summed E-state index contributed by atoms with van der Waals surface area (Å²) in [6.45, 7) is 2.06. The maximum atomic E-state index is 13.3. The molecule has 0 aliphatic carbocycles. The number of anilines is 1. The van der Waals surface area contributed by atoms with Gasteiger partial charge in [-0.2, -0.15) is 0 Å². The van der Waals surface area contributed by atoms with E-state index in [0.717, 1.165) is 22.9 Å². The number of nitrogens with zero attached hydrogens (tertiary/aromatic N) is 2. The topological polar surface area (TPSA) is 80.6 Å². The van der Waals surface area contributed by atoms with Gasteiger partial charge in [-0.25, -0.2) is 0 Å². The zero-order chi connectivity index (χ0) is 22.8. The number of benzene rings is 2. The Balaban J connectivity index is 1.76. The van der Waals surface area contributed by atoms with E-state index >= 15 is 0 Å². The van der Waals surface area contributed by atoms with Crippen LogP contribution in [-0.4, -0.2) is 34.6 Å². The maximum Gasteiger partial charge on any atom is 0.325 e. The van der Waals surface area contributed by atoms with Crippen LogP contribution in [0, 0.1) is 0 Å². The average molecular weight is 448 g/mol. The number of aromatic nitrogens is 1. The van der Waals surface area contributed by atoms with Crippen LogP contribution in [0.1, 0.15) is 18.1 Å². The third kappa shape index (κ3) is 3.92. The highest BCUT2D eigenvalue weighted by molar-refractivity contribution is 7.80. The molecule has 1 N–H and O–H groups in total. The summed E-state index contributed by atoms with van der Waals surface area (Å²) in [5.74, 6) is -1.47. The van der Waals surface area contributed by atoms with Gasteiger partial charge in [-0.15, -0.1) is 0 Å². The second-order valence-corrected chi connectivity index (χ2v) is 7.67. The van der Waals surface area contributed by atoms with Gasteiger partial charge < -0.3 is 9.30 Å². The number of thiocarbonyl (C=S) groups is 1. The molecule has 1 aliphatic rings. The van der Waals surface area contributed by atoms with Crippen molar-refractivity contribution >= 4 is 57.8 Å². The third-order valence-corrected chi connectivity index (χ3v) is 5.64. The highest BCUT2D eigenvalue weighted by Gasteiger charge is 2.34. The Bertz CT molecular complexity index is 1270. The molecule has 0 radical (unpaired) electrons. The summed E-state index contributed by atoms with van der Waals surface area (Å²) in [4.78, 5) is 39.1. The molecule has 2 aromatic carbocycles. The number of aryl methyl sites for hydroxylation is 1. The molecule has 0 bridgehead atoms. The van der Waals surface area contributed by atoms with E-state index in [-0.39, 0.29) is 17.2 Å². The number of methoxy groups -OCH3 is 1. The van der Waals surface area contributed by atoms with Crippen molar-refractivity contribution in [3.05, 3.63) is 71.4 Å². The van der Waals surface area contributed by atoms with Crippen molar-refractivity contribution in [2.45, 2.75) is 19.9 Å². The van der Waals surface area contributed by atoms with Gasteiger partial charge in [-0.05, 0) is 48.5 Å². The Morgan fingerprint density at radius 2 is 1.84 bits per heavy atom. The summed E-state index contributed by atoms with van der Waals surface area (Å²) in [5, 5.41) is 3.44. The quantitative estimate of drug-likeness (QED) is 0.281. The van der Waals surface area contributed by atoms with Crippen LogP contribution in [-0.2, 0) is 32.1 Å². The molecule has 2 heterocycles. The fourth-order valence-corrected chi connectivity index (χ4v) is 3.93. The van der Waals surface area contributed by atoms with Gasteiger partial charge in [0.1, 0.15) is 12.1 Å². The lowest BCUT2D eigenvalue weighted by atomic mass is 10.1. The highest BCUT2D eigenvalue weighted by atomic mass is 32.1. The maximum absolute atomic E-state index is 13.3. The first-order chi connectivity index (χ1) is 15.4. The number of hydrogen-bond acceptors (Lipinski definition) is 5. The monoisotopic (exact) mass is 447 g/mol. The molecule has 162 valence electrons. The Hall–Kier alpha value is -3.78. The summed E-state index contributed by atoms with van der Waals surface area (Å²) in [5.41, 5.74) is 3.09. The minimum atomic E-state index is -0.564. The standard InChI is InChI=1S/C24H21N3O4S/c1-3-15-8-10-17(11-9-15)27-23(30)19(22(29)25-24(27)32)12-16-13-26(14-21(28)31-2)20-7-5-4-6-18(16)20/h4-13H,3,14H2,1-2H3,(H,25,29,32)/b19-12+. The number of nitrogens with one attached hydrogen (secondary N) is 1. The normalized spacial score (nSPS) is 15.4. The number of hydrogen-bond donors (Lipinski definition) is 1. The largest absolute Gasteiger partial charge is 0.468 e. The molecule has 0 atom stereocenters. The van der Waals surface area contributed by atoms with Gasteiger partial charge in [0.2, 0.25) is 0 Å². The van der Waals surface area contributed by atoms with Gasteiger partial charge in [-0.1, -0.05) is 37.3 Å². The van der Waals surface area contributed by atoms with Crippen molar-refractivity contribution in [1.29, 1.82) is 0 Å². The fraction of sp³-hybridized carbons (Fsp3) is 0.167. The van der Waals surface area contributed by atoms with Crippen molar-refractivity contribution in [1.82, 2.24) is 9.88 Å². The zero-order valence-corrected chi connectivity index (χ0v) is 18.4. The van der Waals surface area contributed by atoms with Gasteiger partial charge in [0.15, 0.2) is 5.11 Å². The highest BCUT2D eigenvalue weighted by Crippen LogP contribution is 2.27. The first kappa shape index (κ1) is 21.5. The SMILES string of the molecule is CCc1ccc(N2C(=O)/C(=C/c3cn(CC(=O)OC)c4ccccc34)C(=O)NC2=S)cc1. The lowest BCUT2D eigenvalue weighted by Crippen LogP contribution is -2.54. The fourth-order valence-electron chi connectivity index (χ4n) is 3.65. The van der Waals surface area contributed by atoms with Crippen LogP contribution in [0.15, 0.2) is 60.3 Å². The lowest BCUT2D eigenvalue weighted by Gasteiger charge is -2.29. The summed E-state index contributed by atoms with van der Waals surface area (Å²) < 4.78 is 6.50. The second-order valence-electron chi connectivity index (χ2n) is 7.28. The molecule has 1 fully saturated rings. The molecule has 0 saturated carbocycles. The predicted octanol–water partition coefficient (Wildman–Crippen LogP) is 3.21. The van der Waals surface area contributed by atoms with E-state index in [1.165, 1.54) is 18.1 Å². The van der Waals surface area contributed by atoms with Gasteiger partial charge in [0.25, 0.3) is 11.8 Å². The number of rotatable bonds is 5. The van der Waals surface area contributed by atoms with Crippen LogP contribution < -0.4 is 10.2 Å². The molecule has 0 unspecified atom stereocenters. The number of carbonyl (C=O) groups is 3. The zero-order valence-electron chi connectivity index (χ0n) is 17.6. The van der Waals surface area contributed by atoms with E-state index in [4.69, 9.17) is 17.0 Å². The Morgan fingerprint density at radius 1 is 1.12 bits per heavy atom. The van der Waals surface area contributed by atoms with Crippen LogP contribution in [0.3, 0.4) is 0 Å². The molecule has 8 heteroatoms. The van der Waals surface area contributed by atoms with Crippen LogP contribution >= 0.6 is 12.2 Å². The Kier molecular flexibility index (Phi) is 5.87. The smallest absolute Gasteiger partial charge is 0.325 e. The van der Waals surface area contributed by atoms with E-state index in [1.54, 1.807) is 22.9 Å². The molecule has 1 aromatic heterocycles. The number of carbonyl (C=O) groups excluding carboxylic acids is 3. The van der Waals surface area contributed by atoms with Crippen LogP contribution in [0.2, 0.25) is 0 Å². The summed E-state index contributed by atoms with van der Waals surface area (Å²) in [6, 6.07) is 14.9. The molecule has 32 heavy (non-hydrogen) atoms. The lowest BCUT2D eigenvalue weighted by molar-refractivity contribution is -0.141. The van der Waals surface area contributed by atoms with Crippen molar-refractivity contribution < 1.29 is 19.1 Å². The minimum Gasteiger partial charge on any atom is -0.468 e. The molecule has 1 saturated heterocycles. The number of amides is 2. The summed E-state index contributed by atoms with van der Waals surface area (Å²) in [7, 11) is 1.33. The second kappa shape index (κ2) is 8.76. The van der Waals surface area contributed by atoms with Crippen LogP contribution in [0.25, 0.3) is 17.0 Å². The van der Waals surface area contributed by atoms with E-state index in [1.807, 2.05) is 43.3 Å². The van der Waals surface area contributed by atoms with Crippen LogP contribution in [0.4, 0.5) is 5.69 Å². The van der Waals surface area contributed by atoms with Crippen LogP contribution in [0.5, 0.6) is 0 Å². The molecular formula is C24H21N3O4S. The molecular weight excluding hydrogens is 426 g/mol. The number of esters is 1. The van der Waals surface area contributed by atoms with Crippen molar-refractivity contribution in [2.24, 2.45) is 0 Å². The number of fused-ring (bicyclic) bond motifs is 1. The van der Waals surface area contributed by atoms with Gasteiger partial charge in [0, 0.05) is 22.7 Å². The molecule has 7 nitrogen and oxygen atoms in total. The summed E-state index contributed by atoms with van der Waals surface area (Å²) >= 11 is 5.27. The minimum absolute atomic E-state index is 0.0142. The Morgan fingerprint density at radius 3 is 2.53 bits per heavy atom. The first-order valence-electron chi connectivity index (χ1n) is 10.1. The summed E-state index contributed by atoms with van der Waals surface area (Å²) in [6.07, 6.45) is 4.13. The van der Waals surface area contributed by atoms with Crippen molar-refractivity contribution in [3.8, 4) is 0 Å². The average Bonchev–Trinajstić information content (AvgIpc) is 3.14. The van der Waals surface area contributed by atoms with E-state index in [9.17, 15) is 14.4 Å². The van der Waals surface area contributed by atoms with Gasteiger partial charge in [-0.3, -0.25) is 24.6 Å². The van der Waals surface area contributed by atoms with Crippen molar-refractivity contribution in [2.75, 3.05) is 12.0 Å². The molecule has 2 amide bonds.